The predicted molar refractivity (Wildman–Crippen MR) is 62.9 cm³/mol. The first kappa shape index (κ1) is 9.91. The van der Waals surface area contributed by atoms with Crippen molar-refractivity contribution in [1.29, 1.82) is 0 Å². The van der Waals surface area contributed by atoms with Crippen LogP contribution in [-0.2, 0) is 12.8 Å². The molecule has 0 aliphatic carbocycles. The molecule has 0 saturated heterocycles. The van der Waals surface area contributed by atoms with Crippen LogP contribution in [0.25, 0.3) is 0 Å². The molecular weight excluding hydrogens is 182 g/mol. The molecule has 0 radical (unpaired) electrons. The molecule has 0 aliphatic heterocycles. The largest absolute Gasteiger partial charge is 0.265 e. The van der Waals surface area contributed by atoms with Gasteiger partial charge < -0.3 is 0 Å². The van der Waals surface area contributed by atoms with E-state index < -0.39 is 0 Å². The maximum atomic E-state index is 4.02. The molecule has 0 unspecified atom stereocenters. The van der Waals surface area contributed by atoms with E-state index in [2.05, 4.69) is 48.3 Å². The summed E-state index contributed by atoms with van der Waals surface area (Å²) < 4.78 is 0. The highest BCUT2D eigenvalue weighted by atomic mass is 14.6. The van der Waals surface area contributed by atoms with E-state index in [0.717, 1.165) is 12.8 Å². The summed E-state index contributed by atoms with van der Waals surface area (Å²) >= 11 is 0. The van der Waals surface area contributed by atoms with Crippen LogP contribution in [0, 0.1) is 0 Å². The van der Waals surface area contributed by atoms with Gasteiger partial charge in [0.1, 0.15) is 0 Å². The molecule has 76 valence electrons. The number of rotatable bonds is 3. The van der Waals surface area contributed by atoms with E-state index in [-0.39, 0.29) is 0 Å². The van der Waals surface area contributed by atoms with Gasteiger partial charge in [0.2, 0.25) is 0 Å². The lowest BCUT2D eigenvalue weighted by molar-refractivity contribution is 1.10. The normalized spacial score (nSPS) is 10.2. The van der Waals surface area contributed by atoms with Gasteiger partial charge in [0.15, 0.2) is 0 Å². The van der Waals surface area contributed by atoms with Crippen molar-refractivity contribution < 1.29 is 0 Å². The van der Waals surface area contributed by atoms with Crippen molar-refractivity contribution in [2.75, 3.05) is 0 Å². The summed E-state index contributed by atoms with van der Waals surface area (Å²) in [5.74, 6) is 0. The fraction of sp³-hybridized carbons (Fsp3) is 0.214. The molecule has 0 atom stereocenters. The van der Waals surface area contributed by atoms with Crippen LogP contribution in [0.15, 0.2) is 48.8 Å². The number of hydrogen-bond donors (Lipinski definition) is 0. The molecule has 0 fully saturated rings. The van der Waals surface area contributed by atoms with Gasteiger partial charge in [-0.05, 0) is 41.7 Å². The minimum Gasteiger partial charge on any atom is -0.265 e. The molecule has 1 nitrogen and oxygen atoms in total. The summed E-state index contributed by atoms with van der Waals surface area (Å²) in [6.07, 6.45) is 5.79. The fourth-order valence-electron chi connectivity index (χ4n) is 1.70. The van der Waals surface area contributed by atoms with Gasteiger partial charge in [0.05, 0.1) is 0 Å². The monoisotopic (exact) mass is 197 g/mol. The Morgan fingerprint density at radius 2 is 1.67 bits per heavy atom. The highest BCUT2D eigenvalue weighted by Crippen LogP contribution is 2.11. The Bertz CT molecular complexity index is 420. The number of hydrogen-bond acceptors (Lipinski definition) is 1. The van der Waals surface area contributed by atoms with Crippen LogP contribution in [0.4, 0.5) is 0 Å². The highest BCUT2D eigenvalue weighted by Gasteiger charge is 1.96. The SMILES string of the molecule is CCc1cccc(Cc2ccncc2)c1. The second-order valence-electron chi connectivity index (χ2n) is 3.71. The quantitative estimate of drug-likeness (QED) is 0.736. The molecule has 2 rings (SSSR count). The summed E-state index contributed by atoms with van der Waals surface area (Å²) in [5.41, 5.74) is 4.10. The minimum atomic E-state index is 0.996. The van der Waals surface area contributed by atoms with Crippen molar-refractivity contribution in [3.05, 3.63) is 65.5 Å². The first-order valence-electron chi connectivity index (χ1n) is 5.35. The van der Waals surface area contributed by atoms with Crippen LogP contribution in [0.5, 0.6) is 0 Å². The Morgan fingerprint density at radius 3 is 2.40 bits per heavy atom. The molecule has 1 heteroatoms. The second-order valence-corrected chi connectivity index (χ2v) is 3.71. The third-order valence-corrected chi connectivity index (χ3v) is 2.56. The van der Waals surface area contributed by atoms with Gasteiger partial charge in [-0.3, -0.25) is 4.98 Å². The molecule has 0 saturated carbocycles. The molecule has 1 aromatic carbocycles. The zero-order valence-corrected chi connectivity index (χ0v) is 8.98. The summed E-state index contributed by atoms with van der Waals surface area (Å²) in [7, 11) is 0. The first-order valence-corrected chi connectivity index (χ1v) is 5.35. The van der Waals surface area contributed by atoms with Crippen LogP contribution in [0.1, 0.15) is 23.6 Å². The van der Waals surface area contributed by atoms with E-state index in [9.17, 15) is 0 Å². The summed E-state index contributed by atoms with van der Waals surface area (Å²) in [6, 6.07) is 12.9. The molecule has 0 spiro atoms. The van der Waals surface area contributed by atoms with E-state index in [0.29, 0.717) is 0 Å². The summed E-state index contributed by atoms with van der Waals surface area (Å²) in [6.45, 7) is 2.19. The molecule has 1 aromatic heterocycles. The Hall–Kier alpha value is -1.63. The van der Waals surface area contributed by atoms with E-state index in [1.165, 1.54) is 16.7 Å². The summed E-state index contributed by atoms with van der Waals surface area (Å²) in [4.78, 5) is 4.02. The lowest BCUT2D eigenvalue weighted by Crippen LogP contribution is -1.90. The Balaban J connectivity index is 2.17. The maximum absolute atomic E-state index is 4.02. The van der Waals surface area contributed by atoms with Crippen molar-refractivity contribution in [2.45, 2.75) is 19.8 Å². The van der Waals surface area contributed by atoms with Crippen LogP contribution >= 0.6 is 0 Å². The molecule has 15 heavy (non-hydrogen) atoms. The molecule has 0 N–H and O–H groups in total. The van der Waals surface area contributed by atoms with Gasteiger partial charge in [-0.15, -0.1) is 0 Å². The van der Waals surface area contributed by atoms with Gasteiger partial charge in [-0.1, -0.05) is 31.2 Å². The third-order valence-electron chi connectivity index (χ3n) is 2.56. The zero-order chi connectivity index (χ0) is 10.5. The maximum Gasteiger partial charge on any atom is 0.0270 e. The van der Waals surface area contributed by atoms with Gasteiger partial charge in [0.25, 0.3) is 0 Å². The standard InChI is InChI=1S/C14H15N/c1-2-12-4-3-5-14(10-12)11-13-6-8-15-9-7-13/h3-10H,2,11H2,1H3. The van der Waals surface area contributed by atoms with E-state index >= 15 is 0 Å². The van der Waals surface area contributed by atoms with E-state index in [1.807, 2.05) is 12.4 Å². The fourth-order valence-corrected chi connectivity index (χ4v) is 1.70. The van der Waals surface area contributed by atoms with E-state index in [1.54, 1.807) is 0 Å². The lowest BCUT2D eigenvalue weighted by Gasteiger charge is -2.03. The van der Waals surface area contributed by atoms with Crippen molar-refractivity contribution in [1.82, 2.24) is 4.98 Å². The van der Waals surface area contributed by atoms with Gasteiger partial charge >= 0.3 is 0 Å². The number of aryl methyl sites for hydroxylation is 1. The number of aromatic nitrogens is 1. The third kappa shape index (κ3) is 2.66. The lowest BCUT2D eigenvalue weighted by atomic mass is 10.0. The van der Waals surface area contributed by atoms with Crippen molar-refractivity contribution >= 4 is 0 Å². The van der Waals surface area contributed by atoms with Crippen LogP contribution in [0.3, 0.4) is 0 Å². The molecular formula is C14H15N. The predicted octanol–water partition coefficient (Wildman–Crippen LogP) is 3.23. The molecule has 0 aliphatic rings. The topological polar surface area (TPSA) is 12.9 Å². The molecule has 0 amide bonds. The van der Waals surface area contributed by atoms with Gasteiger partial charge in [-0.25, -0.2) is 0 Å². The Morgan fingerprint density at radius 1 is 0.933 bits per heavy atom. The minimum absolute atomic E-state index is 0.996. The van der Waals surface area contributed by atoms with Gasteiger partial charge in [0, 0.05) is 12.4 Å². The van der Waals surface area contributed by atoms with Crippen molar-refractivity contribution in [3.63, 3.8) is 0 Å². The van der Waals surface area contributed by atoms with Crippen LogP contribution in [0.2, 0.25) is 0 Å². The second kappa shape index (κ2) is 4.74. The highest BCUT2D eigenvalue weighted by molar-refractivity contribution is 5.28. The summed E-state index contributed by atoms with van der Waals surface area (Å²) in [5, 5.41) is 0. The Labute approximate surface area is 90.8 Å². The van der Waals surface area contributed by atoms with Crippen molar-refractivity contribution in [3.8, 4) is 0 Å². The van der Waals surface area contributed by atoms with Crippen molar-refractivity contribution in [2.24, 2.45) is 0 Å². The number of pyridine rings is 1. The van der Waals surface area contributed by atoms with Crippen LogP contribution < -0.4 is 0 Å². The average molecular weight is 197 g/mol. The van der Waals surface area contributed by atoms with E-state index in [4.69, 9.17) is 0 Å². The zero-order valence-electron chi connectivity index (χ0n) is 8.98. The number of benzene rings is 1. The molecule has 0 bridgehead atoms. The smallest absolute Gasteiger partial charge is 0.0270 e. The number of nitrogens with zero attached hydrogens (tertiary/aromatic N) is 1. The molecule has 1 heterocycles. The molecule has 2 aromatic rings. The average Bonchev–Trinajstić information content (AvgIpc) is 2.31. The van der Waals surface area contributed by atoms with Gasteiger partial charge in [-0.2, -0.15) is 0 Å². The first-order chi connectivity index (χ1) is 7.38. The Kier molecular flexibility index (Phi) is 3.13. The van der Waals surface area contributed by atoms with Crippen LogP contribution in [-0.4, -0.2) is 4.98 Å².